The summed E-state index contributed by atoms with van der Waals surface area (Å²) in [5.41, 5.74) is 10.6. The van der Waals surface area contributed by atoms with E-state index in [0.29, 0.717) is 33.9 Å². The second-order valence-electron chi connectivity index (χ2n) is 10.1. The Bertz CT molecular complexity index is 1570. The second kappa shape index (κ2) is 13.9. The van der Waals surface area contributed by atoms with Crippen molar-refractivity contribution in [2.45, 2.75) is 73.9 Å². The van der Waals surface area contributed by atoms with Crippen molar-refractivity contribution in [1.29, 1.82) is 15.8 Å². The maximum atomic E-state index is 9.73. The molecule has 42 heavy (non-hydrogen) atoms. The van der Waals surface area contributed by atoms with Gasteiger partial charge in [0.25, 0.3) is 0 Å². The number of nitrogens with zero attached hydrogens (tertiary/aromatic N) is 6. The molecule has 0 saturated carbocycles. The van der Waals surface area contributed by atoms with Crippen molar-refractivity contribution >= 4 is 35.3 Å². The zero-order valence-electron chi connectivity index (χ0n) is 24.5. The third-order valence-corrected chi connectivity index (χ3v) is 9.65. The van der Waals surface area contributed by atoms with Crippen molar-refractivity contribution in [3.63, 3.8) is 0 Å². The molecule has 0 N–H and O–H groups in total. The lowest BCUT2D eigenvalue weighted by Gasteiger charge is -2.13. The third kappa shape index (κ3) is 7.52. The van der Waals surface area contributed by atoms with Gasteiger partial charge in [0, 0.05) is 34.3 Å². The first kappa shape index (κ1) is 31.1. The standard InChI is InChI=1S/C33H30N6S3/c1-19-7-22(4)37-31(28(19)13-34)40-16-25-10-26(17-41-32-29(14-35)20(2)8-23(5)38-32)12-27(11-25)18-42-33-30(15-36)21(3)9-24(6)39-33/h7-12H,16-18H2,1-6H3. The van der Waals surface area contributed by atoms with Crippen LogP contribution in [0.25, 0.3) is 0 Å². The number of thioether (sulfide) groups is 3. The van der Waals surface area contributed by atoms with Crippen LogP contribution in [0.5, 0.6) is 0 Å². The van der Waals surface area contributed by atoms with Gasteiger partial charge in [-0.25, -0.2) is 15.0 Å². The van der Waals surface area contributed by atoms with Crippen LogP contribution in [0.15, 0.2) is 51.5 Å². The number of hydrogen-bond acceptors (Lipinski definition) is 9. The number of pyridine rings is 3. The van der Waals surface area contributed by atoms with Gasteiger partial charge in [-0.05, 0) is 93.1 Å². The molecule has 0 unspecified atom stereocenters. The van der Waals surface area contributed by atoms with Crippen LogP contribution in [-0.4, -0.2) is 15.0 Å². The predicted molar refractivity (Wildman–Crippen MR) is 170 cm³/mol. The Labute approximate surface area is 260 Å². The van der Waals surface area contributed by atoms with Crippen molar-refractivity contribution in [2.75, 3.05) is 0 Å². The number of hydrogen-bond donors (Lipinski definition) is 0. The van der Waals surface area contributed by atoms with E-state index in [1.807, 2.05) is 59.7 Å². The van der Waals surface area contributed by atoms with E-state index in [0.717, 1.165) is 65.5 Å². The molecule has 9 heteroatoms. The summed E-state index contributed by atoms with van der Waals surface area (Å²) in [5, 5.41) is 31.4. The summed E-state index contributed by atoms with van der Waals surface area (Å²) in [6.45, 7) is 11.7. The van der Waals surface area contributed by atoms with E-state index in [1.54, 1.807) is 35.3 Å². The largest absolute Gasteiger partial charge is 0.245 e. The lowest BCUT2D eigenvalue weighted by atomic mass is 10.1. The first-order valence-corrected chi connectivity index (χ1v) is 16.2. The Balaban J connectivity index is 1.65. The molecule has 0 amide bonds. The number of benzene rings is 1. The predicted octanol–water partition coefficient (Wildman–Crippen LogP) is 8.21. The van der Waals surface area contributed by atoms with E-state index in [2.05, 4.69) is 51.4 Å². The van der Waals surface area contributed by atoms with Crippen LogP contribution in [-0.2, 0) is 17.3 Å². The van der Waals surface area contributed by atoms with Gasteiger partial charge in [-0.15, -0.1) is 35.3 Å². The smallest absolute Gasteiger partial charge is 0.115 e. The molecule has 3 aromatic heterocycles. The van der Waals surface area contributed by atoms with Gasteiger partial charge in [0.15, 0.2) is 0 Å². The Morgan fingerprint density at radius 3 is 0.976 bits per heavy atom. The highest BCUT2D eigenvalue weighted by atomic mass is 32.2. The molecule has 0 saturated heterocycles. The Kier molecular flexibility index (Phi) is 10.3. The van der Waals surface area contributed by atoms with Crippen LogP contribution in [0.4, 0.5) is 0 Å². The van der Waals surface area contributed by atoms with Crippen LogP contribution in [0.2, 0.25) is 0 Å². The summed E-state index contributed by atoms with van der Waals surface area (Å²) in [5.74, 6) is 1.95. The molecule has 0 bridgehead atoms. The fourth-order valence-corrected chi connectivity index (χ4v) is 7.76. The van der Waals surface area contributed by atoms with Crippen LogP contribution in [0.3, 0.4) is 0 Å². The van der Waals surface area contributed by atoms with Gasteiger partial charge < -0.3 is 0 Å². The first-order chi connectivity index (χ1) is 20.1. The molecule has 4 rings (SSSR count). The average Bonchev–Trinajstić information content (AvgIpc) is 2.93. The quantitative estimate of drug-likeness (QED) is 0.174. The van der Waals surface area contributed by atoms with Crippen LogP contribution < -0.4 is 0 Å². The minimum absolute atomic E-state index is 0.614. The number of aryl methyl sites for hydroxylation is 6. The van der Waals surface area contributed by atoms with Crippen molar-refractivity contribution in [1.82, 2.24) is 15.0 Å². The summed E-state index contributed by atoms with van der Waals surface area (Å²) < 4.78 is 0. The topological polar surface area (TPSA) is 110 Å². The summed E-state index contributed by atoms with van der Waals surface area (Å²) in [6.07, 6.45) is 0. The zero-order valence-corrected chi connectivity index (χ0v) is 26.9. The number of rotatable bonds is 9. The van der Waals surface area contributed by atoms with Gasteiger partial charge in [-0.2, -0.15) is 15.8 Å². The molecule has 4 aromatic rings. The summed E-state index contributed by atoms with van der Waals surface area (Å²) in [6, 6.07) is 19.3. The Morgan fingerprint density at radius 2 is 0.738 bits per heavy atom. The maximum Gasteiger partial charge on any atom is 0.115 e. The fraction of sp³-hybridized carbons (Fsp3) is 0.273. The molecular formula is C33H30N6S3. The summed E-state index contributed by atoms with van der Waals surface area (Å²) in [7, 11) is 0. The Morgan fingerprint density at radius 1 is 0.476 bits per heavy atom. The van der Waals surface area contributed by atoms with Gasteiger partial charge in [-0.1, -0.05) is 18.2 Å². The molecule has 0 aliphatic rings. The van der Waals surface area contributed by atoms with Crippen LogP contribution >= 0.6 is 35.3 Å². The van der Waals surface area contributed by atoms with E-state index in [-0.39, 0.29) is 0 Å². The monoisotopic (exact) mass is 606 g/mol. The molecule has 0 atom stereocenters. The molecule has 0 aliphatic carbocycles. The van der Waals surface area contributed by atoms with Gasteiger partial charge in [0.1, 0.15) is 33.3 Å². The average molecular weight is 607 g/mol. The molecule has 0 aliphatic heterocycles. The van der Waals surface area contributed by atoms with E-state index < -0.39 is 0 Å². The molecule has 210 valence electrons. The van der Waals surface area contributed by atoms with E-state index in [1.165, 1.54) is 0 Å². The summed E-state index contributed by atoms with van der Waals surface area (Å²) >= 11 is 4.68. The summed E-state index contributed by atoms with van der Waals surface area (Å²) in [4.78, 5) is 13.9. The van der Waals surface area contributed by atoms with Gasteiger partial charge in [0.2, 0.25) is 0 Å². The Hall–Kier alpha value is -3.81. The highest BCUT2D eigenvalue weighted by molar-refractivity contribution is 7.99. The fourth-order valence-electron chi connectivity index (χ4n) is 4.67. The number of aromatic nitrogens is 3. The van der Waals surface area contributed by atoms with Gasteiger partial charge in [-0.3, -0.25) is 0 Å². The SMILES string of the molecule is Cc1cc(C)c(C#N)c(SCc2cc(CSc3nc(C)cc(C)c3C#N)cc(CSc3nc(C)cc(C)c3C#N)c2)n1. The molecule has 0 fully saturated rings. The van der Waals surface area contributed by atoms with Crippen molar-refractivity contribution in [2.24, 2.45) is 0 Å². The van der Waals surface area contributed by atoms with Crippen LogP contribution in [0.1, 0.15) is 67.2 Å². The van der Waals surface area contributed by atoms with E-state index >= 15 is 0 Å². The van der Waals surface area contributed by atoms with Gasteiger partial charge in [0.05, 0.1) is 16.7 Å². The third-order valence-electron chi connectivity index (χ3n) is 6.51. The second-order valence-corrected chi connectivity index (χ2v) is 13.0. The molecule has 1 aromatic carbocycles. The zero-order chi connectivity index (χ0) is 30.4. The maximum absolute atomic E-state index is 9.73. The minimum atomic E-state index is 0.614. The molecular weight excluding hydrogens is 577 g/mol. The lowest BCUT2D eigenvalue weighted by Crippen LogP contribution is -1.98. The van der Waals surface area contributed by atoms with Gasteiger partial charge >= 0.3 is 0 Å². The number of nitriles is 3. The normalized spacial score (nSPS) is 10.6. The van der Waals surface area contributed by atoms with Crippen molar-refractivity contribution in [3.05, 3.63) is 104 Å². The highest BCUT2D eigenvalue weighted by Gasteiger charge is 2.14. The van der Waals surface area contributed by atoms with E-state index in [4.69, 9.17) is 0 Å². The first-order valence-electron chi connectivity index (χ1n) is 13.3. The molecule has 0 radical (unpaired) electrons. The van der Waals surface area contributed by atoms with E-state index in [9.17, 15) is 15.8 Å². The van der Waals surface area contributed by atoms with Crippen molar-refractivity contribution < 1.29 is 0 Å². The van der Waals surface area contributed by atoms with Crippen molar-refractivity contribution in [3.8, 4) is 18.2 Å². The molecule has 0 spiro atoms. The lowest BCUT2D eigenvalue weighted by molar-refractivity contribution is 1.03. The highest BCUT2D eigenvalue weighted by Crippen LogP contribution is 2.33. The molecule has 3 heterocycles. The molecule has 6 nitrogen and oxygen atoms in total. The minimum Gasteiger partial charge on any atom is -0.245 e. The van der Waals surface area contributed by atoms with Crippen LogP contribution in [0, 0.1) is 75.5 Å².